The average Bonchev–Trinajstić information content (AvgIpc) is 2.62. The largest absolute Gasteiger partial charge is 0.481 e. The predicted octanol–water partition coefficient (Wildman–Crippen LogP) is -0.643. The number of nitrogens with zero attached hydrogens (tertiary/aromatic N) is 2. The second-order valence-corrected chi connectivity index (χ2v) is 5.48. The number of hydrogen-bond donors (Lipinski definition) is 2. The molecule has 1 heterocycles. The number of aliphatic carboxylic acids is 1. The number of hydrogen-bond acceptors (Lipinski definition) is 4. The Hall–Kier alpha value is -1.41. The van der Waals surface area contributed by atoms with E-state index in [2.05, 4.69) is 9.82 Å². The first-order valence-electron chi connectivity index (χ1n) is 5.07. The zero-order chi connectivity index (χ0) is 12.9. The summed E-state index contributed by atoms with van der Waals surface area (Å²) in [5.74, 6) is -1.52. The molecule has 0 aliphatic heterocycles. The maximum absolute atomic E-state index is 11.4. The first-order valence-corrected chi connectivity index (χ1v) is 6.72. The molecule has 0 fully saturated rings. The van der Waals surface area contributed by atoms with E-state index in [1.165, 1.54) is 0 Å². The lowest BCUT2D eigenvalue weighted by Crippen LogP contribution is -2.29. The first kappa shape index (κ1) is 13.7. The van der Waals surface area contributed by atoms with Gasteiger partial charge in [-0.1, -0.05) is 0 Å². The van der Waals surface area contributed by atoms with Crippen LogP contribution < -0.4 is 4.72 Å². The minimum atomic E-state index is -3.50. The third-order valence-electron chi connectivity index (χ3n) is 2.21. The molecule has 1 aromatic heterocycles. The highest BCUT2D eigenvalue weighted by atomic mass is 32.2. The molecule has 0 aliphatic carbocycles. The Morgan fingerprint density at radius 2 is 2.29 bits per heavy atom. The van der Waals surface area contributed by atoms with Crippen LogP contribution in [0.2, 0.25) is 0 Å². The minimum Gasteiger partial charge on any atom is -0.481 e. The van der Waals surface area contributed by atoms with Crippen molar-refractivity contribution in [3.63, 3.8) is 0 Å². The Morgan fingerprint density at radius 3 is 2.82 bits per heavy atom. The fourth-order valence-corrected chi connectivity index (χ4v) is 2.28. The molecule has 0 unspecified atom stereocenters. The zero-order valence-electron chi connectivity index (χ0n) is 9.46. The summed E-state index contributed by atoms with van der Waals surface area (Å²) >= 11 is 0. The first-order chi connectivity index (χ1) is 7.91. The third kappa shape index (κ3) is 4.96. The number of aromatic nitrogens is 2. The lowest BCUT2D eigenvalue weighted by atomic mass is 10.3. The van der Waals surface area contributed by atoms with E-state index in [1.54, 1.807) is 24.0 Å². The lowest BCUT2D eigenvalue weighted by Gasteiger charge is -2.05. The molecule has 0 amide bonds. The maximum Gasteiger partial charge on any atom is 0.304 e. The summed E-state index contributed by atoms with van der Waals surface area (Å²) in [5.41, 5.74) is 0.908. The van der Waals surface area contributed by atoms with Gasteiger partial charge in [0.15, 0.2) is 0 Å². The summed E-state index contributed by atoms with van der Waals surface area (Å²) < 4.78 is 26.7. The van der Waals surface area contributed by atoms with Gasteiger partial charge >= 0.3 is 5.97 Å². The van der Waals surface area contributed by atoms with E-state index in [0.717, 1.165) is 5.69 Å². The van der Waals surface area contributed by atoms with E-state index in [0.29, 0.717) is 6.42 Å². The topological polar surface area (TPSA) is 101 Å². The summed E-state index contributed by atoms with van der Waals surface area (Å²) in [6.45, 7) is 0.238. The summed E-state index contributed by atoms with van der Waals surface area (Å²) in [7, 11) is -1.73. The van der Waals surface area contributed by atoms with Crippen LogP contribution in [0.5, 0.6) is 0 Å². The molecule has 0 saturated carbocycles. The smallest absolute Gasteiger partial charge is 0.304 e. The molecule has 7 nitrogen and oxygen atoms in total. The van der Waals surface area contributed by atoms with Crippen LogP contribution in [0.3, 0.4) is 0 Å². The molecule has 0 aliphatic rings. The van der Waals surface area contributed by atoms with Crippen LogP contribution in [-0.2, 0) is 28.3 Å². The van der Waals surface area contributed by atoms with Gasteiger partial charge in [-0.3, -0.25) is 9.48 Å². The summed E-state index contributed by atoms with van der Waals surface area (Å²) in [4.78, 5) is 10.2. The number of rotatable bonds is 7. The standard InChI is InChI=1S/C9H15N3O4S/c1-12-8(2-5-10-12)3-6-11-17(15,16)7-4-9(13)14/h2,5,11H,3-4,6-7H2,1H3,(H,13,14). The average molecular weight is 261 g/mol. The van der Waals surface area contributed by atoms with Crippen molar-refractivity contribution in [1.82, 2.24) is 14.5 Å². The van der Waals surface area contributed by atoms with Crippen LogP contribution in [-0.4, -0.2) is 41.6 Å². The van der Waals surface area contributed by atoms with E-state index in [-0.39, 0.29) is 13.0 Å². The number of carboxylic acids is 1. The van der Waals surface area contributed by atoms with Crippen molar-refractivity contribution >= 4 is 16.0 Å². The van der Waals surface area contributed by atoms with Gasteiger partial charge < -0.3 is 5.11 Å². The minimum absolute atomic E-state index is 0.238. The fraction of sp³-hybridized carbons (Fsp3) is 0.556. The molecule has 0 radical (unpaired) electrons. The normalized spacial score (nSPS) is 11.6. The van der Waals surface area contributed by atoms with Crippen molar-refractivity contribution in [2.24, 2.45) is 7.05 Å². The Morgan fingerprint density at radius 1 is 1.59 bits per heavy atom. The number of nitrogens with one attached hydrogen (secondary N) is 1. The number of aryl methyl sites for hydroxylation is 1. The Balaban J connectivity index is 2.35. The molecule has 0 atom stereocenters. The van der Waals surface area contributed by atoms with Crippen LogP contribution in [0.1, 0.15) is 12.1 Å². The highest BCUT2D eigenvalue weighted by Gasteiger charge is 2.12. The molecule has 2 N–H and O–H groups in total. The van der Waals surface area contributed by atoms with Gasteiger partial charge in [0, 0.05) is 31.9 Å². The van der Waals surface area contributed by atoms with E-state index in [9.17, 15) is 13.2 Å². The Bertz CT molecular complexity index is 480. The van der Waals surface area contributed by atoms with Gasteiger partial charge in [0.2, 0.25) is 10.0 Å². The van der Waals surface area contributed by atoms with Crippen LogP contribution in [0.25, 0.3) is 0 Å². The molecule has 0 bridgehead atoms. The Kier molecular flexibility index (Phi) is 4.64. The van der Waals surface area contributed by atoms with Gasteiger partial charge in [0.05, 0.1) is 12.2 Å². The van der Waals surface area contributed by atoms with Crippen LogP contribution >= 0.6 is 0 Å². The molecule has 8 heteroatoms. The second-order valence-electron chi connectivity index (χ2n) is 3.55. The highest BCUT2D eigenvalue weighted by molar-refractivity contribution is 7.89. The molecule has 1 rings (SSSR count). The van der Waals surface area contributed by atoms with Gasteiger partial charge in [-0.15, -0.1) is 0 Å². The zero-order valence-corrected chi connectivity index (χ0v) is 10.3. The number of carbonyl (C=O) groups is 1. The summed E-state index contributed by atoms with van der Waals surface area (Å²) in [6.07, 6.45) is 1.76. The van der Waals surface area contributed by atoms with Crippen molar-refractivity contribution in [1.29, 1.82) is 0 Å². The Labute approximate surface area is 99.5 Å². The van der Waals surface area contributed by atoms with E-state index >= 15 is 0 Å². The maximum atomic E-state index is 11.4. The SMILES string of the molecule is Cn1nccc1CCNS(=O)(=O)CCC(=O)O. The molecule has 0 saturated heterocycles. The van der Waals surface area contributed by atoms with Gasteiger partial charge in [-0.25, -0.2) is 13.1 Å². The number of sulfonamides is 1. The van der Waals surface area contributed by atoms with Crippen molar-refractivity contribution in [3.8, 4) is 0 Å². The van der Waals surface area contributed by atoms with Crippen molar-refractivity contribution in [2.75, 3.05) is 12.3 Å². The van der Waals surface area contributed by atoms with Crippen LogP contribution in [0.4, 0.5) is 0 Å². The predicted molar refractivity (Wildman–Crippen MR) is 61.0 cm³/mol. The van der Waals surface area contributed by atoms with Gasteiger partial charge in [-0.2, -0.15) is 5.10 Å². The summed E-state index contributed by atoms with van der Waals surface area (Å²) in [6, 6.07) is 1.80. The molecule has 1 aromatic rings. The quantitative estimate of drug-likeness (QED) is 0.679. The van der Waals surface area contributed by atoms with Gasteiger partial charge in [0.1, 0.15) is 0 Å². The molecular formula is C9H15N3O4S. The highest BCUT2D eigenvalue weighted by Crippen LogP contribution is 1.97. The van der Waals surface area contributed by atoms with Gasteiger partial charge in [-0.05, 0) is 6.07 Å². The van der Waals surface area contributed by atoms with Crippen LogP contribution in [0, 0.1) is 0 Å². The van der Waals surface area contributed by atoms with E-state index < -0.39 is 21.7 Å². The molecular weight excluding hydrogens is 246 g/mol. The van der Waals surface area contributed by atoms with E-state index in [1.807, 2.05) is 0 Å². The lowest BCUT2D eigenvalue weighted by molar-refractivity contribution is -0.136. The van der Waals surface area contributed by atoms with Crippen molar-refractivity contribution < 1.29 is 18.3 Å². The fourth-order valence-electron chi connectivity index (χ4n) is 1.27. The second kappa shape index (κ2) is 5.78. The third-order valence-corrected chi connectivity index (χ3v) is 3.60. The molecule has 96 valence electrons. The molecule has 0 aromatic carbocycles. The summed E-state index contributed by atoms with van der Waals surface area (Å²) in [5, 5.41) is 12.3. The molecule has 17 heavy (non-hydrogen) atoms. The van der Waals surface area contributed by atoms with Crippen molar-refractivity contribution in [3.05, 3.63) is 18.0 Å². The monoisotopic (exact) mass is 261 g/mol. The van der Waals surface area contributed by atoms with Crippen molar-refractivity contribution in [2.45, 2.75) is 12.8 Å². The van der Waals surface area contributed by atoms with Gasteiger partial charge in [0.25, 0.3) is 0 Å². The molecule has 0 spiro atoms. The number of carboxylic acid groups (broad SMARTS) is 1. The van der Waals surface area contributed by atoms with E-state index in [4.69, 9.17) is 5.11 Å². The van der Waals surface area contributed by atoms with Crippen LogP contribution in [0.15, 0.2) is 12.3 Å².